The lowest BCUT2D eigenvalue weighted by Gasteiger charge is -2.07. The first-order valence-corrected chi connectivity index (χ1v) is 8.99. The van der Waals surface area contributed by atoms with Crippen molar-refractivity contribution in [1.29, 1.82) is 0 Å². The third-order valence-electron chi connectivity index (χ3n) is 3.77. The standard InChI is InChI=1S/C23H20N2O4/c1-17(26)25-22-15-19(13-14-24-22)8-7-18-9-11-21(12-10-18)29-23(27)16-28-20-5-3-2-4-6-20/h2-15H,16H2,1H3,(H,24,25,26)/b8-7+. The van der Waals surface area contributed by atoms with Gasteiger partial charge in [0.05, 0.1) is 0 Å². The number of benzene rings is 2. The molecule has 6 heteroatoms. The summed E-state index contributed by atoms with van der Waals surface area (Å²) >= 11 is 0. The molecule has 0 fully saturated rings. The third-order valence-corrected chi connectivity index (χ3v) is 3.77. The van der Waals surface area contributed by atoms with Crippen LogP contribution in [0.2, 0.25) is 0 Å². The van der Waals surface area contributed by atoms with E-state index in [1.807, 2.05) is 48.6 Å². The van der Waals surface area contributed by atoms with Crippen LogP contribution in [0, 0.1) is 0 Å². The van der Waals surface area contributed by atoms with Crippen molar-refractivity contribution >= 4 is 29.8 Å². The van der Waals surface area contributed by atoms with Crippen molar-refractivity contribution in [3.8, 4) is 11.5 Å². The van der Waals surface area contributed by atoms with Gasteiger partial charge in [-0.15, -0.1) is 0 Å². The summed E-state index contributed by atoms with van der Waals surface area (Å²) < 4.78 is 10.6. The number of anilines is 1. The van der Waals surface area contributed by atoms with Gasteiger partial charge in [-0.05, 0) is 47.5 Å². The second kappa shape index (κ2) is 9.85. The topological polar surface area (TPSA) is 77.5 Å². The van der Waals surface area contributed by atoms with E-state index in [-0.39, 0.29) is 12.5 Å². The van der Waals surface area contributed by atoms with Crippen molar-refractivity contribution in [1.82, 2.24) is 4.98 Å². The highest BCUT2D eigenvalue weighted by Gasteiger charge is 2.06. The van der Waals surface area contributed by atoms with Crippen LogP contribution < -0.4 is 14.8 Å². The highest BCUT2D eigenvalue weighted by Crippen LogP contribution is 2.16. The zero-order valence-electron chi connectivity index (χ0n) is 15.9. The van der Waals surface area contributed by atoms with Gasteiger partial charge in [0.1, 0.15) is 17.3 Å². The number of aromatic nitrogens is 1. The molecule has 0 aliphatic carbocycles. The molecule has 3 aromatic rings. The number of rotatable bonds is 7. The molecular formula is C23H20N2O4. The molecule has 1 heterocycles. The molecule has 0 saturated heterocycles. The van der Waals surface area contributed by atoms with Gasteiger partial charge < -0.3 is 14.8 Å². The van der Waals surface area contributed by atoms with Gasteiger partial charge in [0, 0.05) is 13.1 Å². The number of carbonyl (C=O) groups is 2. The molecule has 146 valence electrons. The van der Waals surface area contributed by atoms with Gasteiger partial charge in [-0.2, -0.15) is 0 Å². The fourth-order valence-corrected chi connectivity index (χ4v) is 2.46. The minimum atomic E-state index is -0.473. The monoisotopic (exact) mass is 388 g/mol. The molecule has 0 aliphatic rings. The number of para-hydroxylation sites is 1. The Kier molecular flexibility index (Phi) is 6.73. The normalized spacial score (nSPS) is 10.5. The first-order chi connectivity index (χ1) is 14.1. The number of hydrogen-bond donors (Lipinski definition) is 1. The Morgan fingerprint density at radius 3 is 2.38 bits per heavy atom. The van der Waals surface area contributed by atoms with E-state index in [1.165, 1.54) is 6.92 Å². The molecule has 0 aliphatic heterocycles. The Labute approximate surface area is 168 Å². The van der Waals surface area contributed by atoms with E-state index >= 15 is 0 Å². The average Bonchev–Trinajstić information content (AvgIpc) is 2.72. The summed E-state index contributed by atoms with van der Waals surface area (Å²) in [5, 5.41) is 2.65. The predicted octanol–water partition coefficient (Wildman–Crippen LogP) is 4.19. The van der Waals surface area contributed by atoms with Gasteiger partial charge in [0.15, 0.2) is 6.61 Å². The van der Waals surface area contributed by atoms with E-state index in [1.54, 1.807) is 36.5 Å². The van der Waals surface area contributed by atoms with E-state index in [0.717, 1.165) is 11.1 Å². The molecule has 0 saturated carbocycles. The fraction of sp³-hybridized carbons (Fsp3) is 0.0870. The number of pyridine rings is 1. The molecule has 29 heavy (non-hydrogen) atoms. The van der Waals surface area contributed by atoms with Gasteiger partial charge >= 0.3 is 5.97 Å². The Morgan fingerprint density at radius 1 is 0.931 bits per heavy atom. The number of carbonyl (C=O) groups excluding carboxylic acids is 2. The minimum Gasteiger partial charge on any atom is -0.482 e. The Balaban J connectivity index is 1.54. The maximum atomic E-state index is 11.9. The van der Waals surface area contributed by atoms with E-state index in [0.29, 0.717) is 17.3 Å². The van der Waals surface area contributed by atoms with Crippen LogP contribution in [-0.4, -0.2) is 23.5 Å². The maximum absolute atomic E-state index is 11.9. The zero-order valence-corrected chi connectivity index (χ0v) is 15.9. The number of ether oxygens (including phenoxy) is 2. The van der Waals surface area contributed by atoms with Crippen LogP contribution in [-0.2, 0) is 9.59 Å². The highest BCUT2D eigenvalue weighted by atomic mass is 16.6. The molecule has 0 radical (unpaired) electrons. The van der Waals surface area contributed by atoms with Crippen LogP contribution >= 0.6 is 0 Å². The Hall–Kier alpha value is -3.93. The Morgan fingerprint density at radius 2 is 1.66 bits per heavy atom. The van der Waals surface area contributed by atoms with E-state index in [4.69, 9.17) is 9.47 Å². The molecule has 3 rings (SSSR count). The van der Waals surface area contributed by atoms with Crippen molar-refractivity contribution < 1.29 is 19.1 Å². The first kappa shape index (κ1) is 19.8. The summed E-state index contributed by atoms with van der Waals surface area (Å²) in [6, 6.07) is 19.8. The van der Waals surface area contributed by atoms with Gasteiger partial charge in [-0.25, -0.2) is 9.78 Å². The summed E-state index contributed by atoms with van der Waals surface area (Å²) in [6.07, 6.45) is 5.45. The lowest BCUT2D eigenvalue weighted by Crippen LogP contribution is -2.17. The maximum Gasteiger partial charge on any atom is 0.349 e. The second-order valence-electron chi connectivity index (χ2n) is 6.13. The van der Waals surface area contributed by atoms with Gasteiger partial charge in [-0.1, -0.05) is 42.5 Å². The second-order valence-corrected chi connectivity index (χ2v) is 6.13. The van der Waals surface area contributed by atoms with Gasteiger partial charge in [0.2, 0.25) is 5.91 Å². The quantitative estimate of drug-likeness (QED) is 0.485. The van der Waals surface area contributed by atoms with Crippen LogP contribution in [0.4, 0.5) is 5.82 Å². The van der Waals surface area contributed by atoms with Crippen molar-refractivity contribution in [2.75, 3.05) is 11.9 Å². The molecule has 1 aromatic heterocycles. The summed E-state index contributed by atoms with van der Waals surface area (Å²) in [5.74, 6) is 0.917. The number of hydrogen-bond acceptors (Lipinski definition) is 5. The lowest BCUT2D eigenvalue weighted by molar-refractivity contribution is -0.136. The highest BCUT2D eigenvalue weighted by molar-refractivity contribution is 5.88. The zero-order chi connectivity index (χ0) is 20.5. The number of amides is 1. The van der Waals surface area contributed by atoms with Crippen molar-refractivity contribution in [2.45, 2.75) is 6.92 Å². The summed E-state index contributed by atoms with van der Waals surface area (Å²) in [7, 11) is 0. The summed E-state index contributed by atoms with van der Waals surface area (Å²) in [6.45, 7) is 1.27. The van der Waals surface area contributed by atoms with Crippen LogP contribution in [0.15, 0.2) is 72.9 Å². The largest absolute Gasteiger partial charge is 0.482 e. The smallest absolute Gasteiger partial charge is 0.349 e. The van der Waals surface area contributed by atoms with Gasteiger partial charge in [0.25, 0.3) is 0 Å². The van der Waals surface area contributed by atoms with Crippen LogP contribution in [0.1, 0.15) is 18.1 Å². The van der Waals surface area contributed by atoms with E-state index in [2.05, 4.69) is 10.3 Å². The van der Waals surface area contributed by atoms with Crippen molar-refractivity contribution in [3.05, 3.63) is 84.1 Å². The summed E-state index contributed by atoms with van der Waals surface area (Å²) in [4.78, 5) is 27.1. The number of esters is 1. The lowest BCUT2D eigenvalue weighted by atomic mass is 10.1. The minimum absolute atomic E-state index is 0.162. The number of nitrogens with one attached hydrogen (secondary N) is 1. The number of nitrogens with zero attached hydrogens (tertiary/aromatic N) is 1. The molecule has 0 bridgehead atoms. The first-order valence-electron chi connectivity index (χ1n) is 8.99. The van der Waals surface area contributed by atoms with E-state index in [9.17, 15) is 9.59 Å². The van der Waals surface area contributed by atoms with Gasteiger partial charge in [-0.3, -0.25) is 4.79 Å². The molecular weight excluding hydrogens is 368 g/mol. The predicted molar refractivity (Wildman–Crippen MR) is 111 cm³/mol. The SMILES string of the molecule is CC(=O)Nc1cc(/C=C/c2ccc(OC(=O)COc3ccccc3)cc2)ccn1. The van der Waals surface area contributed by atoms with Crippen molar-refractivity contribution in [2.24, 2.45) is 0 Å². The molecule has 2 aromatic carbocycles. The molecule has 0 atom stereocenters. The third kappa shape index (κ3) is 6.62. The van der Waals surface area contributed by atoms with Crippen LogP contribution in [0.3, 0.4) is 0 Å². The molecule has 0 spiro atoms. The van der Waals surface area contributed by atoms with Crippen LogP contribution in [0.5, 0.6) is 11.5 Å². The van der Waals surface area contributed by atoms with Crippen molar-refractivity contribution in [3.63, 3.8) is 0 Å². The fourth-order valence-electron chi connectivity index (χ4n) is 2.46. The Bertz CT molecular complexity index is 999. The molecule has 1 N–H and O–H groups in total. The molecule has 1 amide bonds. The average molecular weight is 388 g/mol. The summed E-state index contributed by atoms with van der Waals surface area (Å²) in [5.41, 5.74) is 1.83. The molecule has 0 unspecified atom stereocenters. The van der Waals surface area contributed by atoms with Crippen LogP contribution in [0.25, 0.3) is 12.2 Å². The molecule has 6 nitrogen and oxygen atoms in total. The van der Waals surface area contributed by atoms with E-state index < -0.39 is 5.97 Å².